The van der Waals surface area contributed by atoms with Gasteiger partial charge < -0.3 is 5.32 Å². The largest absolute Gasteiger partial charge is 0.309 e. The average molecular weight is 246 g/mol. The first-order valence-corrected chi connectivity index (χ1v) is 6.85. The number of benzene rings is 1. The predicted molar refractivity (Wildman–Crippen MR) is 73.4 cm³/mol. The zero-order valence-corrected chi connectivity index (χ0v) is 11.1. The van der Waals surface area contributed by atoms with Gasteiger partial charge in [-0.2, -0.15) is 0 Å². The number of hydrogen-bond acceptors (Lipinski definition) is 3. The molecule has 1 unspecified atom stereocenters. The summed E-state index contributed by atoms with van der Waals surface area (Å²) in [4.78, 5) is 5.48. The summed E-state index contributed by atoms with van der Waals surface area (Å²) in [5.41, 5.74) is 4.67. The topological polar surface area (TPSA) is 24.9 Å². The van der Waals surface area contributed by atoms with Crippen molar-refractivity contribution in [3.8, 4) is 0 Å². The Morgan fingerprint density at radius 1 is 1.35 bits per heavy atom. The van der Waals surface area contributed by atoms with Crippen LogP contribution in [0.1, 0.15) is 29.0 Å². The van der Waals surface area contributed by atoms with Crippen LogP contribution >= 0.6 is 11.3 Å². The van der Waals surface area contributed by atoms with E-state index in [0.717, 1.165) is 13.0 Å². The Hall–Kier alpha value is -1.19. The number of aromatic nitrogens is 1. The standard InChI is InChI=1S/C14H18N2S/c1-3-16-13(14-9-15-10-17-14)8-12-7-5-4-6-11(12)2/h4-7,9-10,13,16H,3,8H2,1-2H3. The number of thiazole rings is 1. The van der Waals surface area contributed by atoms with Crippen LogP contribution in [0.3, 0.4) is 0 Å². The molecule has 0 radical (unpaired) electrons. The van der Waals surface area contributed by atoms with E-state index in [1.165, 1.54) is 16.0 Å². The highest BCUT2D eigenvalue weighted by Crippen LogP contribution is 2.22. The van der Waals surface area contributed by atoms with Gasteiger partial charge >= 0.3 is 0 Å². The second kappa shape index (κ2) is 5.94. The van der Waals surface area contributed by atoms with Crippen LogP contribution in [-0.2, 0) is 6.42 Å². The Morgan fingerprint density at radius 3 is 2.82 bits per heavy atom. The summed E-state index contributed by atoms with van der Waals surface area (Å²) in [6, 6.07) is 8.96. The second-order valence-corrected chi connectivity index (χ2v) is 5.06. The summed E-state index contributed by atoms with van der Waals surface area (Å²) in [6.07, 6.45) is 3.00. The maximum absolute atomic E-state index is 4.17. The summed E-state index contributed by atoms with van der Waals surface area (Å²) in [5, 5.41) is 3.53. The maximum Gasteiger partial charge on any atom is 0.0794 e. The molecular formula is C14H18N2S. The van der Waals surface area contributed by atoms with Gasteiger partial charge in [0.1, 0.15) is 0 Å². The number of rotatable bonds is 5. The van der Waals surface area contributed by atoms with E-state index >= 15 is 0 Å². The first-order valence-electron chi connectivity index (χ1n) is 5.97. The molecule has 0 saturated carbocycles. The molecule has 1 aromatic carbocycles. The van der Waals surface area contributed by atoms with Crippen molar-refractivity contribution in [3.63, 3.8) is 0 Å². The van der Waals surface area contributed by atoms with Gasteiger partial charge in [-0.3, -0.25) is 4.98 Å². The normalized spacial score (nSPS) is 12.6. The van der Waals surface area contributed by atoms with Crippen LogP contribution in [0.15, 0.2) is 36.0 Å². The SMILES string of the molecule is CCNC(Cc1ccccc1C)c1cncs1. The van der Waals surface area contributed by atoms with E-state index in [-0.39, 0.29) is 0 Å². The van der Waals surface area contributed by atoms with E-state index in [4.69, 9.17) is 0 Å². The third kappa shape index (κ3) is 3.14. The van der Waals surface area contributed by atoms with Gasteiger partial charge in [0.15, 0.2) is 0 Å². The van der Waals surface area contributed by atoms with Crippen LogP contribution in [-0.4, -0.2) is 11.5 Å². The molecule has 0 fully saturated rings. The van der Waals surface area contributed by atoms with Crippen LogP contribution in [0.5, 0.6) is 0 Å². The van der Waals surface area contributed by atoms with Crippen LogP contribution in [0.4, 0.5) is 0 Å². The van der Waals surface area contributed by atoms with Gasteiger partial charge in [0.2, 0.25) is 0 Å². The van der Waals surface area contributed by atoms with Gasteiger partial charge in [0.25, 0.3) is 0 Å². The van der Waals surface area contributed by atoms with Crippen LogP contribution in [0.2, 0.25) is 0 Å². The molecule has 0 spiro atoms. The smallest absolute Gasteiger partial charge is 0.0794 e. The van der Waals surface area contributed by atoms with Crippen LogP contribution in [0.25, 0.3) is 0 Å². The summed E-state index contributed by atoms with van der Waals surface area (Å²) >= 11 is 1.72. The third-order valence-corrected chi connectivity index (χ3v) is 3.82. The highest BCUT2D eigenvalue weighted by molar-refractivity contribution is 7.09. The molecule has 1 heterocycles. The molecule has 0 aliphatic heterocycles. The van der Waals surface area contributed by atoms with Crippen molar-refractivity contribution in [2.45, 2.75) is 26.3 Å². The number of nitrogens with zero attached hydrogens (tertiary/aromatic N) is 1. The Bertz CT molecular complexity index is 451. The fraction of sp³-hybridized carbons (Fsp3) is 0.357. The third-order valence-electron chi connectivity index (χ3n) is 2.93. The van der Waals surface area contributed by atoms with E-state index in [1.54, 1.807) is 11.3 Å². The lowest BCUT2D eigenvalue weighted by atomic mass is 10.0. The molecule has 3 heteroatoms. The van der Waals surface area contributed by atoms with E-state index in [2.05, 4.69) is 48.4 Å². The summed E-state index contributed by atoms with van der Waals surface area (Å²) in [6.45, 7) is 5.30. The van der Waals surface area contributed by atoms with Gasteiger partial charge in [-0.15, -0.1) is 11.3 Å². The Kier molecular flexibility index (Phi) is 4.29. The second-order valence-electron chi connectivity index (χ2n) is 4.14. The van der Waals surface area contributed by atoms with Crippen LogP contribution < -0.4 is 5.32 Å². The fourth-order valence-corrected chi connectivity index (χ4v) is 2.67. The monoisotopic (exact) mass is 246 g/mol. The van der Waals surface area contributed by atoms with Gasteiger partial charge in [-0.25, -0.2) is 0 Å². The molecule has 1 N–H and O–H groups in total. The van der Waals surface area contributed by atoms with Gasteiger partial charge in [-0.1, -0.05) is 31.2 Å². The molecule has 90 valence electrons. The predicted octanol–water partition coefficient (Wildman–Crippen LogP) is 3.34. The Balaban J connectivity index is 2.16. The summed E-state index contributed by atoms with van der Waals surface area (Å²) in [7, 11) is 0. The van der Waals surface area contributed by atoms with E-state index in [9.17, 15) is 0 Å². The van der Waals surface area contributed by atoms with Crippen molar-refractivity contribution in [1.82, 2.24) is 10.3 Å². The molecule has 2 nitrogen and oxygen atoms in total. The van der Waals surface area contributed by atoms with Gasteiger partial charge in [-0.05, 0) is 31.0 Å². The molecule has 1 atom stereocenters. The number of nitrogens with one attached hydrogen (secondary N) is 1. The Labute approximate surface area is 107 Å². The first kappa shape index (κ1) is 12.3. The molecule has 0 bridgehead atoms. The molecular weight excluding hydrogens is 228 g/mol. The fourth-order valence-electron chi connectivity index (χ4n) is 1.98. The van der Waals surface area contributed by atoms with Crippen molar-refractivity contribution >= 4 is 11.3 Å². The lowest BCUT2D eigenvalue weighted by Crippen LogP contribution is -2.22. The summed E-state index contributed by atoms with van der Waals surface area (Å²) < 4.78 is 0. The van der Waals surface area contributed by atoms with E-state index < -0.39 is 0 Å². The van der Waals surface area contributed by atoms with Crippen molar-refractivity contribution < 1.29 is 0 Å². The average Bonchev–Trinajstić information content (AvgIpc) is 2.85. The number of likely N-dealkylation sites (N-methyl/N-ethyl adjacent to an activating group) is 1. The minimum Gasteiger partial charge on any atom is -0.309 e. The lowest BCUT2D eigenvalue weighted by molar-refractivity contribution is 0.556. The highest BCUT2D eigenvalue weighted by atomic mass is 32.1. The molecule has 0 saturated heterocycles. The molecule has 1 aromatic heterocycles. The quantitative estimate of drug-likeness (QED) is 0.875. The van der Waals surface area contributed by atoms with Gasteiger partial charge in [0.05, 0.1) is 5.51 Å². The van der Waals surface area contributed by atoms with Crippen molar-refractivity contribution in [2.24, 2.45) is 0 Å². The van der Waals surface area contributed by atoms with Crippen LogP contribution in [0, 0.1) is 6.92 Å². The van der Waals surface area contributed by atoms with Crippen molar-refractivity contribution in [3.05, 3.63) is 52.0 Å². The molecule has 0 aliphatic rings. The van der Waals surface area contributed by atoms with Crippen molar-refractivity contribution in [1.29, 1.82) is 0 Å². The van der Waals surface area contributed by atoms with Gasteiger partial charge in [0, 0.05) is 17.1 Å². The lowest BCUT2D eigenvalue weighted by Gasteiger charge is -2.17. The highest BCUT2D eigenvalue weighted by Gasteiger charge is 2.13. The number of aryl methyl sites for hydroxylation is 1. The van der Waals surface area contributed by atoms with E-state index in [0.29, 0.717) is 6.04 Å². The zero-order chi connectivity index (χ0) is 12.1. The minimum atomic E-state index is 0.383. The molecule has 2 aromatic rings. The van der Waals surface area contributed by atoms with E-state index in [1.807, 2.05) is 11.7 Å². The maximum atomic E-state index is 4.17. The Morgan fingerprint density at radius 2 is 2.18 bits per heavy atom. The minimum absolute atomic E-state index is 0.383. The van der Waals surface area contributed by atoms with Crippen molar-refractivity contribution in [2.75, 3.05) is 6.54 Å². The molecule has 0 aliphatic carbocycles. The zero-order valence-electron chi connectivity index (χ0n) is 10.3. The summed E-state index contributed by atoms with van der Waals surface area (Å²) in [5.74, 6) is 0. The number of hydrogen-bond donors (Lipinski definition) is 1. The molecule has 17 heavy (non-hydrogen) atoms. The first-order chi connectivity index (χ1) is 8.31. The molecule has 2 rings (SSSR count). The molecule has 0 amide bonds.